The Bertz CT molecular complexity index is 1220. The molecule has 0 saturated carbocycles. The van der Waals surface area contributed by atoms with Crippen LogP contribution < -0.4 is 4.31 Å². The molecular formula is C23H20F3NO4S. The lowest BCUT2D eigenvalue weighted by molar-refractivity contribution is -0.138. The molecule has 168 valence electrons. The minimum absolute atomic E-state index is 0.0899. The lowest BCUT2D eigenvalue weighted by atomic mass is 10.1. The van der Waals surface area contributed by atoms with Crippen molar-refractivity contribution in [1.29, 1.82) is 0 Å². The molecule has 0 atom stereocenters. The van der Waals surface area contributed by atoms with Gasteiger partial charge >= 0.3 is 12.1 Å². The highest BCUT2D eigenvalue weighted by Gasteiger charge is 2.33. The lowest BCUT2D eigenvalue weighted by Gasteiger charge is -2.20. The molecule has 0 aromatic heterocycles. The Hall–Kier alpha value is -3.33. The van der Waals surface area contributed by atoms with Crippen molar-refractivity contribution < 1.29 is 31.1 Å². The van der Waals surface area contributed by atoms with E-state index in [2.05, 4.69) is 0 Å². The molecule has 0 fully saturated rings. The molecule has 5 nitrogen and oxygen atoms in total. The van der Waals surface area contributed by atoms with Crippen LogP contribution in [-0.2, 0) is 27.5 Å². The second-order valence-electron chi connectivity index (χ2n) is 7.07. The highest BCUT2D eigenvalue weighted by atomic mass is 32.2. The second kappa shape index (κ2) is 9.04. The lowest BCUT2D eigenvalue weighted by Crippen LogP contribution is -2.26. The molecule has 0 saturated heterocycles. The van der Waals surface area contributed by atoms with E-state index in [-0.39, 0.29) is 16.0 Å². The van der Waals surface area contributed by atoms with Crippen molar-refractivity contribution in [2.24, 2.45) is 0 Å². The molecule has 0 amide bonds. The molecule has 0 N–H and O–H groups in total. The zero-order valence-electron chi connectivity index (χ0n) is 17.3. The molecule has 3 aromatic rings. The number of nitrogens with zero attached hydrogens (tertiary/aromatic N) is 1. The SMILES string of the molecule is Cc1ccc(N(C)S(=O)(=O)c2cccc(C(=O)OCc3ccccc3C(F)(F)F)c2)cc1. The van der Waals surface area contributed by atoms with Gasteiger partial charge < -0.3 is 4.74 Å². The Kier molecular flexibility index (Phi) is 6.59. The highest BCUT2D eigenvalue weighted by Crippen LogP contribution is 2.32. The normalized spacial score (nSPS) is 11.8. The largest absolute Gasteiger partial charge is 0.457 e. The fourth-order valence-electron chi connectivity index (χ4n) is 2.98. The number of hydrogen-bond donors (Lipinski definition) is 0. The average molecular weight is 463 g/mol. The number of sulfonamides is 1. The van der Waals surface area contributed by atoms with Crippen LogP contribution in [0, 0.1) is 6.92 Å². The van der Waals surface area contributed by atoms with Gasteiger partial charge in [0, 0.05) is 12.6 Å². The Balaban J connectivity index is 1.80. The number of rotatable bonds is 6. The van der Waals surface area contributed by atoms with E-state index in [0.29, 0.717) is 5.69 Å². The van der Waals surface area contributed by atoms with Gasteiger partial charge in [-0.15, -0.1) is 0 Å². The fourth-order valence-corrected chi connectivity index (χ4v) is 4.23. The predicted molar refractivity (Wildman–Crippen MR) is 114 cm³/mol. The summed E-state index contributed by atoms with van der Waals surface area (Å²) in [6.45, 7) is 1.27. The third-order valence-corrected chi connectivity index (χ3v) is 6.59. The number of aryl methyl sites for hydroxylation is 1. The van der Waals surface area contributed by atoms with Crippen LogP contribution in [0.25, 0.3) is 0 Å². The van der Waals surface area contributed by atoms with Crippen LogP contribution in [0.1, 0.15) is 27.0 Å². The summed E-state index contributed by atoms with van der Waals surface area (Å²) in [5, 5.41) is 0. The molecular weight excluding hydrogens is 443 g/mol. The van der Waals surface area contributed by atoms with Crippen LogP contribution in [0.4, 0.5) is 18.9 Å². The third kappa shape index (κ3) is 5.11. The maximum Gasteiger partial charge on any atom is 0.416 e. The molecule has 0 spiro atoms. The van der Waals surface area contributed by atoms with Crippen molar-refractivity contribution >= 4 is 21.7 Å². The minimum Gasteiger partial charge on any atom is -0.457 e. The molecule has 3 aromatic carbocycles. The van der Waals surface area contributed by atoms with Gasteiger partial charge in [0.15, 0.2) is 0 Å². The third-order valence-electron chi connectivity index (χ3n) is 4.81. The first kappa shape index (κ1) is 23.3. The van der Waals surface area contributed by atoms with E-state index < -0.39 is 34.3 Å². The first-order chi connectivity index (χ1) is 15.0. The van der Waals surface area contributed by atoms with E-state index in [4.69, 9.17) is 4.74 Å². The van der Waals surface area contributed by atoms with Crippen LogP contribution in [0.3, 0.4) is 0 Å². The smallest absolute Gasteiger partial charge is 0.416 e. The van der Waals surface area contributed by atoms with Crippen LogP contribution >= 0.6 is 0 Å². The number of ether oxygens (including phenoxy) is 1. The molecule has 0 unspecified atom stereocenters. The monoisotopic (exact) mass is 463 g/mol. The first-order valence-electron chi connectivity index (χ1n) is 9.48. The molecule has 0 bridgehead atoms. The van der Waals surface area contributed by atoms with Gasteiger partial charge in [-0.25, -0.2) is 13.2 Å². The van der Waals surface area contributed by atoms with Gasteiger partial charge in [-0.3, -0.25) is 4.31 Å². The van der Waals surface area contributed by atoms with Crippen molar-refractivity contribution in [2.75, 3.05) is 11.4 Å². The van der Waals surface area contributed by atoms with Gasteiger partial charge in [-0.1, -0.05) is 42.0 Å². The van der Waals surface area contributed by atoms with Gasteiger partial charge in [0.25, 0.3) is 10.0 Å². The standard InChI is InChI=1S/C23H20F3NO4S/c1-16-10-12-19(13-11-16)27(2)32(29,30)20-8-5-7-17(14-20)22(28)31-15-18-6-3-4-9-21(18)23(24,25)26/h3-14H,15H2,1-2H3. The Labute approximate surface area is 184 Å². The van der Waals surface area contributed by atoms with E-state index in [1.807, 2.05) is 6.92 Å². The van der Waals surface area contributed by atoms with E-state index in [0.717, 1.165) is 22.0 Å². The van der Waals surface area contributed by atoms with Crippen molar-refractivity contribution in [1.82, 2.24) is 0 Å². The number of benzene rings is 3. The van der Waals surface area contributed by atoms with Gasteiger partial charge in [-0.2, -0.15) is 13.2 Å². The van der Waals surface area contributed by atoms with Crippen molar-refractivity contribution in [3.05, 3.63) is 95.1 Å². The van der Waals surface area contributed by atoms with E-state index >= 15 is 0 Å². The molecule has 0 aliphatic carbocycles. The van der Waals surface area contributed by atoms with Gasteiger partial charge in [-0.05, 0) is 43.3 Å². The maximum atomic E-state index is 13.1. The molecule has 9 heteroatoms. The van der Waals surface area contributed by atoms with Gasteiger partial charge in [0.05, 0.1) is 21.7 Å². The van der Waals surface area contributed by atoms with Crippen molar-refractivity contribution in [2.45, 2.75) is 24.6 Å². The van der Waals surface area contributed by atoms with Gasteiger partial charge in [0.2, 0.25) is 0 Å². The van der Waals surface area contributed by atoms with Crippen molar-refractivity contribution in [3.63, 3.8) is 0 Å². The van der Waals surface area contributed by atoms with E-state index in [9.17, 15) is 26.4 Å². The average Bonchev–Trinajstić information content (AvgIpc) is 2.77. The molecule has 0 radical (unpaired) electrons. The van der Waals surface area contributed by atoms with E-state index in [1.165, 1.54) is 43.4 Å². The summed E-state index contributed by atoms with van der Waals surface area (Å²) in [4.78, 5) is 12.3. The number of esters is 1. The Morgan fingerprint density at radius 3 is 2.28 bits per heavy atom. The summed E-state index contributed by atoms with van der Waals surface area (Å²) in [5.74, 6) is -0.933. The second-order valence-corrected chi connectivity index (χ2v) is 9.04. The maximum absolute atomic E-state index is 13.1. The summed E-state index contributed by atoms with van der Waals surface area (Å²) in [5.41, 5.74) is 0.219. The number of carbonyl (C=O) groups is 1. The molecule has 32 heavy (non-hydrogen) atoms. The summed E-state index contributed by atoms with van der Waals surface area (Å²) in [6.07, 6.45) is -4.59. The molecule has 3 rings (SSSR count). The Morgan fingerprint density at radius 1 is 0.969 bits per heavy atom. The first-order valence-corrected chi connectivity index (χ1v) is 10.9. The quantitative estimate of drug-likeness (QED) is 0.472. The highest BCUT2D eigenvalue weighted by molar-refractivity contribution is 7.92. The van der Waals surface area contributed by atoms with Crippen LogP contribution in [0.5, 0.6) is 0 Å². The minimum atomic E-state index is -4.59. The predicted octanol–water partition coefficient (Wildman–Crippen LogP) is 5.20. The summed E-state index contributed by atoms with van der Waals surface area (Å²) in [6, 6.07) is 16.8. The fraction of sp³-hybridized carbons (Fsp3) is 0.174. The molecule has 0 aliphatic rings. The number of carbonyl (C=O) groups excluding carboxylic acids is 1. The van der Waals surface area contributed by atoms with Crippen LogP contribution in [-0.4, -0.2) is 21.4 Å². The topological polar surface area (TPSA) is 63.7 Å². The molecule has 0 aliphatic heterocycles. The molecule has 0 heterocycles. The van der Waals surface area contributed by atoms with Gasteiger partial charge in [0.1, 0.15) is 6.61 Å². The van der Waals surface area contributed by atoms with E-state index in [1.54, 1.807) is 24.3 Å². The number of hydrogen-bond acceptors (Lipinski definition) is 4. The summed E-state index contributed by atoms with van der Waals surface area (Å²) in [7, 11) is -2.59. The summed E-state index contributed by atoms with van der Waals surface area (Å²) < 4.78 is 71.4. The zero-order chi connectivity index (χ0) is 23.5. The van der Waals surface area contributed by atoms with Crippen LogP contribution in [0.15, 0.2) is 77.7 Å². The zero-order valence-corrected chi connectivity index (χ0v) is 18.1. The Morgan fingerprint density at radius 2 is 1.62 bits per heavy atom. The van der Waals surface area contributed by atoms with Crippen molar-refractivity contribution in [3.8, 4) is 0 Å². The number of alkyl halides is 3. The number of anilines is 1. The number of halogens is 3. The van der Waals surface area contributed by atoms with Crippen LogP contribution in [0.2, 0.25) is 0 Å². The summed E-state index contributed by atoms with van der Waals surface area (Å²) >= 11 is 0.